The van der Waals surface area contributed by atoms with Gasteiger partial charge in [0.05, 0.1) is 0 Å². The maximum absolute atomic E-state index is 4.02. The predicted octanol–water partition coefficient (Wildman–Crippen LogP) is 2.80. The average Bonchev–Trinajstić information content (AvgIpc) is 2.68. The standard InChI is InChI=1S/C10H19N3S2/c1-4-5-8(2)11-6-9(3)15-10-13-12-7-14-10/h7-9,11H,4-6H2,1-3H3. The van der Waals surface area contributed by atoms with Gasteiger partial charge in [0.15, 0.2) is 4.34 Å². The molecule has 15 heavy (non-hydrogen) atoms. The molecule has 0 radical (unpaired) electrons. The van der Waals surface area contributed by atoms with Crippen molar-refractivity contribution in [2.24, 2.45) is 0 Å². The lowest BCUT2D eigenvalue weighted by Crippen LogP contribution is -2.31. The van der Waals surface area contributed by atoms with Gasteiger partial charge in [0.2, 0.25) is 0 Å². The van der Waals surface area contributed by atoms with Crippen LogP contribution in [0.25, 0.3) is 0 Å². The first kappa shape index (κ1) is 12.9. The Kier molecular flexibility index (Phi) is 6.20. The summed E-state index contributed by atoms with van der Waals surface area (Å²) in [6.07, 6.45) is 2.49. The van der Waals surface area contributed by atoms with Crippen LogP contribution in [0.1, 0.15) is 33.6 Å². The van der Waals surface area contributed by atoms with E-state index in [2.05, 4.69) is 36.3 Å². The largest absolute Gasteiger partial charge is 0.313 e. The van der Waals surface area contributed by atoms with E-state index in [9.17, 15) is 0 Å². The minimum absolute atomic E-state index is 0.553. The van der Waals surface area contributed by atoms with Crippen LogP contribution in [-0.4, -0.2) is 28.0 Å². The van der Waals surface area contributed by atoms with Crippen molar-refractivity contribution in [3.05, 3.63) is 5.51 Å². The highest BCUT2D eigenvalue weighted by molar-refractivity contribution is 8.01. The Morgan fingerprint density at radius 2 is 2.33 bits per heavy atom. The molecule has 1 aromatic rings. The third kappa shape index (κ3) is 5.49. The summed E-state index contributed by atoms with van der Waals surface area (Å²) >= 11 is 3.40. The van der Waals surface area contributed by atoms with E-state index < -0.39 is 0 Å². The zero-order valence-corrected chi connectivity index (χ0v) is 11.2. The fraction of sp³-hybridized carbons (Fsp3) is 0.800. The fourth-order valence-electron chi connectivity index (χ4n) is 1.33. The van der Waals surface area contributed by atoms with Crippen LogP contribution < -0.4 is 5.32 Å². The molecule has 1 rings (SSSR count). The molecule has 0 aliphatic carbocycles. The molecule has 0 saturated carbocycles. The van der Waals surface area contributed by atoms with E-state index in [0.29, 0.717) is 11.3 Å². The molecule has 1 aromatic heterocycles. The molecular weight excluding hydrogens is 226 g/mol. The van der Waals surface area contributed by atoms with Crippen LogP contribution in [-0.2, 0) is 0 Å². The minimum atomic E-state index is 0.553. The highest BCUT2D eigenvalue weighted by Crippen LogP contribution is 2.23. The van der Waals surface area contributed by atoms with Crippen molar-refractivity contribution < 1.29 is 0 Å². The Bertz CT molecular complexity index is 251. The molecule has 1 heterocycles. The van der Waals surface area contributed by atoms with E-state index in [1.54, 1.807) is 28.6 Å². The van der Waals surface area contributed by atoms with Crippen molar-refractivity contribution in [1.82, 2.24) is 15.5 Å². The van der Waals surface area contributed by atoms with E-state index in [-0.39, 0.29) is 0 Å². The maximum Gasteiger partial charge on any atom is 0.174 e. The Balaban J connectivity index is 2.16. The second-order valence-corrected chi connectivity index (χ2v) is 6.25. The highest BCUT2D eigenvalue weighted by Gasteiger charge is 2.08. The van der Waals surface area contributed by atoms with E-state index in [0.717, 1.165) is 10.9 Å². The summed E-state index contributed by atoms with van der Waals surface area (Å²) < 4.78 is 1.06. The van der Waals surface area contributed by atoms with E-state index >= 15 is 0 Å². The highest BCUT2D eigenvalue weighted by atomic mass is 32.2. The first-order chi connectivity index (χ1) is 7.22. The van der Waals surface area contributed by atoms with E-state index in [1.165, 1.54) is 12.8 Å². The molecule has 0 fully saturated rings. The lowest BCUT2D eigenvalue weighted by molar-refractivity contribution is 0.511. The van der Waals surface area contributed by atoms with Gasteiger partial charge in [-0.3, -0.25) is 0 Å². The first-order valence-corrected chi connectivity index (χ1v) is 7.14. The average molecular weight is 245 g/mol. The van der Waals surface area contributed by atoms with Crippen molar-refractivity contribution in [3.8, 4) is 0 Å². The van der Waals surface area contributed by atoms with Gasteiger partial charge in [-0.25, -0.2) is 0 Å². The quantitative estimate of drug-likeness (QED) is 0.750. The number of hydrogen-bond acceptors (Lipinski definition) is 5. The zero-order chi connectivity index (χ0) is 11.1. The van der Waals surface area contributed by atoms with Crippen molar-refractivity contribution in [2.45, 2.75) is 49.2 Å². The second-order valence-electron chi connectivity index (χ2n) is 3.73. The van der Waals surface area contributed by atoms with Crippen LogP contribution >= 0.6 is 23.1 Å². The Labute approximate surface area is 100 Å². The van der Waals surface area contributed by atoms with Crippen LogP contribution in [0, 0.1) is 0 Å². The summed E-state index contributed by atoms with van der Waals surface area (Å²) in [6, 6.07) is 0.618. The molecule has 3 nitrogen and oxygen atoms in total. The van der Waals surface area contributed by atoms with Gasteiger partial charge in [0.25, 0.3) is 0 Å². The summed E-state index contributed by atoms with van der Waals surface area (Å²) in [5.41, 5.74) is 1.78. The van der Waals surface area contributed by atoms with Crippen LogP contribution in [0.4, 0.5) is 0 Å². The summed E-state index contributed by atoms with van der Waals surface area (Å²) in [5.74, 6) is 0. The maximum atomic E-state index is 4.02. The number of hydrogen-bond donors (Lipinski definition) is 1. The molecule has 0 bridgehead atoms. The van der Waals surface area contributed by atoms with Gasteiger partial charge in [-0.1, -0.05) is 43.4 Å². The van der Waals surface area contributed by atoms with Crippen molar-refractivity contribution in [3.63, 3.8) is 0 Å². The number of rotatable bonds is 7. The van der Waals surface area contributed by atoms with Crippen LogP contribution in [0.15, 0.2) is 9.85 Å². The second kappa shape index (κ2) is 7.19. The molecule has 0 aromatic carbocycles. The van der Waals surface area contributed by atoms with Gasteiger partial charge in [0.1, 0.15) is 5.51 Å². The SMILES string of the molecule is CCCC(C)NCC(C)Sc1nncs1. The van der Waals surface area contributed by atoms with E-state index in [4.69, 9.17) is 0 Å². The molecular formula is C10H19N3S2. The molecule has 5 heteroatoms. The van der Waals surface area contributed by atoms with Crippen LogP contribution in [0.3, 0.4) is 0 Å². The number of nitrogens with zero attached hydrogens (tertiary/aromatic N) is 2. The molecule has 86 valence electrons. The third-order valence-electron chi connectivity index (χ3n) is 2.12. The van der Waals surface area contributed by atoms with Gasteiger partial charge < -0.3 is 5.32 Å². The first-order valence-electron chi connectivity index (χ1n) is 5.38. The van der Waals surface area contributed by atoms with Crippen molar-refractivity contribution in [1.29, 1.82) is 0 Å². The Hall–Kier alpha value is -0.130. The lowest BCUT2D eigenvalue weighted by Gasteiger charge is -2.15. The predicted molar refractivity (Wildman–Crippen MR) is 67.6 cm³/mol. The topological polar surface area (TPSA) is 37.8 Å². The molecule has 2 unspecified atom stereocenters. The van der Waals surface area contributed by atoms with Gasteiger partial charge in [0, 0.05) is 17.8 Å². The summed E-state index contributed by atoms with van der Waals surface area (Å²) in [4.78, 5) is 0. The monoisotopic (exact) mass is 245 g/mol. The fourth-order valence-corrected chi connectivity index (χ4v) is 3.07. The molecule has 0 aliphatic heterocycles. The molecule has 2 atom stereocenters. The Morgan fingerprint density at radius 3 is 2.93 bits per heavy atom. The third-order valence-corrected chi connectivity index (χ3v) is 4.03. The molecule has 0 amide bonds. The molecule has 1 N–H and O–H groups in total. The summed E-state index contributed by atoms with van der Waals surface area (Å²) in [5, 5.41) is 11.9. The van der Waals surface area contributed by atoms with Gasteiger partial charge >= 0.3 is 0 Å². The zero-order valence-electron chi connectivity index (χ0n) is 9.56. The summed E-state index contributed by atoms with van der Waals surface area (Å²) in [6.45, 7) is 7.71. The van der Waals surface area contributed by atoms with Crippen LogP contribution in [0.2, 0.25) is 0 Å². The normalized spacial score (nSPS) is 15.1. The van der Waals surface area contributed by atoms with Crippen molar-refractivity contribution >= 4 is 23.1 Å². The molecule has 0 aliphatic rings. The number of thioether (sulfide) groups is 1. The number of nitrogens with one attached hydrogen (secondary N) is 1. The Morgan fingerprint density at radius 1 is 1.53 bits per heavy atom. The van der Waals surface area contributed by atoms with Crippen LogP contribution in [0.5, 0.6) is 0 Å². The van der Waals surface area contributed by atoms with Crippen molar-refractivity contribution in [2.75, 3.05) is 6.54 Å². The molecule has 0 saturated heterocycles. The van der Waals surface area contributed by atoms with Gasteiger partial charge in [-0.15, -0.1) is 10.2 Å². The van der Waals surface area contributed by atoms with Gasteiger partial charge in [-0.05, 0) is 13.3 Å². The number of aromatic nitrogens is 2. The van der Waals surface area contributed by atoms with E-state index in [1.807, 2.05) is 0 Å². The summed E-state index contributed by atoms with van der Waals surface area (Å²) in [7, 11) is 0. The minimum Gasteiger partial charge on any atom is -0.313 e. The lowest BCUT2D eigenvalue weighted by atomic mass is 10.2. The molecule has 0 spiro atoms. The van der Waals surface area contributed by atoms with Gasteiger partial charge in [-0.2, -0.15) is 0 Å². The smallest absolute Gasteiger partial charge is 0.174 e.